The summed E-state index contributed by atoms with van der Waals surface area (Å²) in [6, 6.07) is 4.85. The highest BCUT2D eigenvalue weighted by Crippen LogP contribution is 2.29. The lowest BCUT2D eigenvalue weighted by Gasteiger charge is -2.34. The van der Waals surface area contributed by atoms with Crippen LogP contribution < -0.4 is 5.32 Å². The number of H-pyrrole nitrogens is 1. The molecular weight excluding hydrogens is 376 g/mol. The van der Waals surface area contributed by atoms with Crippen LogP contribution >= 0.6 is 0 Å². The van der Waals surface area contributed by atoms with Crippen LogP contribution in [0.25, 0.3) is 16.9 Å². The molecule has 1 aliphatic heterocycles. The average molecular weight is 403 g/mol. The first kappa shape index (κ1) is 18.7. The number of anilines is 2. The molecule has 0 saturated carbocycles. The molecule has 0 bridgehead atoms. The number of fused-ring (bicyclic) bond motifs is 1. The van der Waals surface area contributed by atoms with Gasteiger partial charge in [0, 0.05) is 41.8 Å². The molecule has 0 atom stereocenters. The number of nitrogens with zero attached hydrogens (tertiary/aromatic N) is 6. The number of likely N-dealkylation sites (tertiary alicyclic amines) is 1. The molecule has 4 aromatic rings. The molecular formula is C22H26N8. The van der Waals surface area contributed by atoms with E-state index in [2.05, 4.69) is 56.4 Å². The van der Waals surface area contributed by atoms with Gasteiger partial charge in [-0.15, -0.1) is 0 Å². The van der Waals surface area contributed by atoms with Crippen LogP contribution in [0.1, 0.15) is 38.3 Å². The van der Waals surface area contributed by atoms with E-state index in [4.69, 9.17) is 4.98 Å². The van der Waals surface area contributed by atoms with Crippen LogP contribution in [-0.4, -0.2) is 53.6 Å². The van der Waals surface area contributed by atoms with Crippen LogP contribution in [0, 0.1) is 0 Å². The standard InChI is InChI=1S/C22H26N8/c1-15(2)29-8-5-16(6-9-29)19-4-3-18(13-24-19)28-21-22-23-7-10-30(22)20(14-25-21)17-11-26-27-12-17/h3-4,7,10-16H,5-6,8-9H2,1-2H3,(H,25,28)(H,26,27). The minimum Gasteiger partial charge on any atom is -0.336 e. The number of aromatic amines is 1. The number of aromatic nitrogens is 6. The summed E-state index contributed by atoms with van der Waals surface area (Å²) in [4.78, 5) is 16.4. The minimum atomic E-state index is 0.542. The van der Waals surface area contributed by atoms with Crippen molar-refractivity contribution in [3.63, 3.8) is 0 Å². The lowest BCUT2D eigenvalue weighted by molar-refractivity contribution is 0.171. The second-order valence-corrected chi connectivity index (χ2v) is 8.10. The maximum atomic E-state index is 4.75. The first-order valence-electron chi connectivity index (χ1n) is 10.5. The number of piperidine rings is 1. The van der Waals surface area contributed by atoms with Crippen molar-refractivity contribution in [3.05, 3.63) is 55.0 Å². The summed E-state index contributed by atoms with van der Waals surface area (Å²) in [7, 11) is 0. The molecule has 1 saturated heterocycles. The van der Waals surface area contributed by atoms with Gasteiger partial charge in [0.05, 0.1) is 30.0 Å². The third kappa shape index (κ3) is 3.54. The smallest absolute Gasteiger partial charge is 0.180 e. The Kier molecular flexibility index (Phi) is 4.92. The molecule has 1 fully saturated rings. The van der Waals surface area contributed by atoms with Crippen LogP contribution in [0.3, 0.4) is 0 Å². The molecule has 154 valence electrons. The van der Waals surface area contributed by atoms with Gasteiger partial charge in [0.25, 0.3) is 0 Å². The topological polar surface area (TPSA) is 87.0 Å². The molecule has 0 spiro atoms. The predicted molar refractivity (Wildman–Crippen MR) is 117 cm³/mol. The van der Waals surface area contributed by atoms with E-state index in [9.17, 15) is 0 Å². The fourth-order valence-corrected chi connectivity index (χ4v) is 4.18. The summed E-state index contributed by atoms with van der Waals surface area (Å²) in [6.07, 6.45) is 13.4. The number of nitrogens with one attached hydrogen (secondary N) is 2. The lowest BCUT2D eigenvalue weighted by atomic mass is 9.92. The summed E-state index contributed by atoms with van der Waals surface area (Å²) in [6.45, 7) is 6.83. The molecule has 5 rings (SSSR count). The maximum absolute atomic E-state index is 4.75. The van der Waals surface area contributed by atoms with Gasteiger partial charge >= 0.3 is 0 Å². The van der Waals surface area contributed by atoms with E-state index in [1.54, 1.807) is 12.4 Å². The molecule has 2 N–H and O–H groups in total. The summed E-state index contributed by atoms with van der Waals surface area (Å²) in [5.41, 5.74) is 4.75. The average Bonchev–Trinajstić information content (AvgIpc) is 3.47. The second kappa shape index (κ2) is 7.87. The van der Waals surface area contributed by atoms with Crippen molar-refractivity contribution in [3.8, 4) is 11.3 Å². The fraction of sp³-hybridized carbons (Fsp3) is 0.364. The Morgan fingerprint density at radius 3 is 2.63 bits per heavy atom. The van der Waals surface area contributed by atoms with E-state index in [1.807, 2.05) is 29.2 Å². The molecule has 0 radical (unpaired) electrons. The van der Waals surface area contributed by atoms with Crippen molar-refractivity contribution in [1.29, 1.82) is 0 Å². The quantitative estimate of drug-likeness (QED) is 0.527. The van der Waals surface area contributed by atoms with Crippen molar-refractivity contribution in [2.75, 3.05) is 18.4 Å². The van der Waals surface area contributed by atoms with Gasteiger partial charge in [0.1, 0.15) is 0 Å². The molecule has 0 aliphatic carbocycles. The number of hydrogen-bond donors (Lipinski definition) is 2. The zero-order chi connectivity index (χ0) is 20.5. The third-order valence-corrected chi connectivity index (χ3v) is 5.95. The van der Waals surface area contributed by atoms with Gasteiger partial charge in [-0.2, -0.15) is 5.10 Å². The monoisotopic (exact) mass is 402 g/mol. The van der Waals surface area contributed by atoms with Gasteiger partial charge in [-0.3, -0.25) is 14.5 Å². The number of hydrogen-bond acceptors (Lipinski definition) is 6. The first-order chi connectivity index (χ1) is 14.7. The van der Waals surface area contributed by atoms with Crippen molar-refractivity contribution >= 4 is 17.2 Å². The zero-order valence-electron chi connectivity index (χ0n) is 17.3. The molecule has 8 nitrogen and oxygen atoms in total. The maximum Gasteiger partial charge on any atom is 0.180 e. The molecule has 0 amide bonds. The molecule has 30 heavy (non-hydrogen) atoms. The van der Waals surface area contributed by atoms with Gasteiger partial charge in [-0.1, -0.05) is 0 Å². The zero-order valence-corrected chi connectivity index (χ0v) is 17.3. The Bertz CT molecular complexity index is 1110. The van der Waals surface area contributed by atoms with Crippen molar-refractivity contribution in [2.45, 2.75) is 38.6 Å². The third-order valence-electron chi connectivity index (χ3n) is 5.95. The van der Waals surface area contributed by atoms with Crippen LogP contribution in [0.2, 0.25) is 0 Å². The van der Waals surface area contributed by atoms with Crippen LogP contribution in [0.5, 0.6) is 0 Å². The highest BCUT2D eigenvalue weighted by molar-refractivity contribution is 5.73. The van der Waals surface area contributed by atoms with E-state index >= 15 is 0 Å². The largest absolute Gasteiger partial charge is 0.336 e. The Hall–Kier alpha value is -3.26. The van der Waals surface area contributed by atoms with Crippen molar-refractivity contribution in [1.82, 2.24) is 34.4 Å². The van der Waals surface area contributed by atoms with Gasteiger partial charge in [-0.05, 0) is 51.9 Å². The normalized spacial score (nSPS) is 15.8. The van der Waals surface area contributed by atoms with E-state index in [0.717, 1.165) is 35.7 Å². The number of pyridine rings is 1. The summed E-state index contributed by atoms with van der Waals surface area (Å²) in [5, 5.41) is 10.2. The number of rotatable bonds is 5. The Morgan fingerprint density at radius 2 is 1.93 bits per heavy atom. The van der Waals surface area contributed by atoms with E-state index in [1.165, 1.54) is 18.5 Å². The van der Waals surface area contributed by atoms with E-state index in [0.29, 0.717) is 17.8 Å². The highest BCUT2D eigenvalue weighted by atomic mass is 15.2. The minimum absolute atomic E-state index is 0.542. The Labute approximate surface area is 175 Å². The predicted octanol–water partition coefficient (Wildman–Crippen LogP) is 3.85. The van der Waals surface area contributed by atoms with Gasteiger partial charge in [-0.25, -0.2) is 9.97 Å². The summed E-state index contributed by atoms with van der Waals surface area (Å²) < 4.78 is 2.00. The van der Waals surface area contributed by atoms with Gasteiger partial charge < -0.3 is 10.2 Å². The van der Waals surface area contributed by atoms with Crippen molar-refractivity contribution < 1.29 is 0 Å². The highest BCUT2D eigenvalue weighted by Gasteiger charge is 2.22. The lowest BCUT2D eigenvalue weighted by Crippen LogP contribution is -2.37. The van der Waals surface area contributed by atoms with Crippen LogP contribution in [0.15, 0.2) is 49.3 Å². The Balaban J connectivity index is 1.33. The summed E-state index contributed by atoms with van der Waals surface area (Å²) in [5.74, 6) is 1.24. The molecule has 4 aromatic heterocycles. The molecule has 1 aliphatic rings. The van der Waals surface area contributed by atoms with Gasteiger partial charge in [0.2, 0.25) is 0 Å². The molecule has 5 heterocycles. The molecule has 0 aromatic carbocycles. The number of imidazole rings is 1. The van der Waals surface area contributed by atoms with Gasteiger partial charge in [0.15, 0.2) is 11.5 Å². The fourth-order valence-electron chi connectivity index (χ4n) is 4.18. The van der Waals surface area contributed by atoms with E-state index < -0.39 is 0 Å². The van der Waals surface area contributed by atoms with Crippen molar-refractivity contribution in [2.24, 2.45) is 0 Å². The second-order valence-electron chi connectivity index (χ2n) is 8.10. The molecule has 8 heteroatoms. The SMILES string of the molecule is CC(C)N1CCC(c2ccc(Nc3ncc(-c4cn[nH]c4)n4ccnc34)cn2)CC1. The van der Waals surface area contributed by atoms with Crippen LogP contribution in [-0.2, 0) is 0 Å². The first-order valence-corrected chi connectivity index (χ1v) is 10.5. The summed E-state index contributed by atoms with van der Waals surface area (Å²) >= 11 is 0. The van der Waals surface area contributed by atoms with Crippen LogP contribution in [0.4, 0.5) is 11.5 Å². The van der Waals surface area contributed by atoms with E-state index in [-0.39, 0.29) is 0 Å². The molecule has 0 unspecified atom stereocenters. The Morgan fingerprint density at radius 1 is 1.07 bits per heavy atom.